The normalized spacial score (nSPS) is 10.0. The van der Waals surface area contributed by atoms with Crippen LogP contribution < -0.4 is 4.74 Å². The lowest BCUT2D eigenvalue weighted by molar-refractivity contribution is -0.135. The maximum Gasteiger partial charge on any atom is 0.311 e. The highest BCUT2D eigenvalue weighted by Gasteiger charge is 2.15. The van der Waals surface area contributed by atoms with Crippen molar-refractivity contribution in [2.75, 3.05) is 6.61 Å². The minimum atomic E-state index is -1.28. The Labute approximate surface area is 98.0 Å². The fourth-order valence-electron chi connectivity index (χ4n) is 1.26. The van der Waals surface area contributed by atoms with E-state index in [1.807, 2.05) is 6.92 Å². The van der Waals surface area contributed by atoms with Gasteiger partial charge in [0, 0.05) is 6.07 Å². The molecule has 0 aliphatic rings. The maximum atomic E-state index is 13.5. The fraction of sp³-hybridized carbons (Fsp3) is 0.333. The number of hydrogen-bond donors (Lipinski definition) is 1. The summed E-state index contributed by atoms with van der Waals surface area (Å²) in [5, 5.41) is 8.44. The van der Waals surface area contributed by atoms with Gasteiger partial charge in [-0.3, -0.25) is 9.59 Å². The molecule has 17 heavy (non-hydrogen) atoms. The van der Waals surface area contributed by atoms with E-state index in [4.69, 9.17) is 9.84 Å². The smallest absolute Gasteiger partial charge is 0.311 e. The number of carboxylic acids is 1. The molecule has 0 bridgehead atoms. The molecule has 0 amide bonds. The molecule has 1 aromatic rings. The number of hydrogen-bond acceptors (Lipinski definition) is 3. The van der Waals surface area contributed by atoms with E-state index in [1.165, 1.54) is 12.1 Å². The molecule has 0 saturated heterocycles. The van der Waals surface area contributed by atoms with Gasteiger partial charge in [0.25, 0.3) is 0 Å². The molecule has 5 heteroatoms. The highest BCUT2D eigenvalue weighted by molar-refractivity contribution is 6.05. The zero-order valence-electron chi connectivity index (χ0n) is 9.40. The number of aliphatic carboxylic acids is 1. The van der Waals surface area contributed by atoms with Crippen molar-refractivity contribution in [1.29, 1.82) is 0 Å². The van der Waals surface area contributed by atoms with Crippen LogP contribution in [0.3, 0.4) is 0 Å². The molecule has 92 valence electrons. The molecule has 0 unspecified atom stereocenters. The Morgan fingerprint density at radius 3 is 2.65 bits per heavy atom. The number of ketones is 1. The topological polar surface area (TPSA) is 63.6 Å². The Morgan fingerprint density at radius 2 is 2.12 bits per heavy atom. The molecule has 0 saturated carbocycles. The van der Waals surface area contributed by atoms with Gasteiger partial charge in [0.2, 0.25) is 0 Å². The average Bonchev–Trinajstić information content (AvgIpc) is 2.25. The summed E-state index contributed by atoms with van der Waals surface area (Å²) in [6, 6.07) is 3.78. The van der Waals surface area contributed by atoms with E-state index in [0.717, 1.165) is 12.5 Å². The van der Waals surface area contributed by atoms with Crippen molar-refractivity contribution in [3.63, 3.8) is 0 Å². The van der Waals surface area contributed by atoms with Gasteiger partial charge in [-0.05, 0) is 18.6 Å². The SMILES string of the molecule is CCCOc1ccc(C(=O)CC(=O)O)c(F)c1. The van der Waals surface area contributed by atoms with E-state index in [0.29, 0.717) is 12.4 Å². The van der Waals surface area contributed by atoms with E-state index in [2.05, 4.69) is 0 Å². The quantitative estimate of drug-likeness (QED) is 0.612. The number of carboxylic acid groups (broad SMARTS) is 1. The second kappa shape index (κ2) is 5.98. The van der Waals surface area contributed by atoms with Gasteiger partial charge < -0.3 is 9.84 Å². The van der Waals surface area contributed by atoms with Crippen LogP contribution in [0.5, 0.6) is 5.75 Å². The predicted octanol–water partition coefficient (Wildman–Crippen LogP) is 2.27. The molecule has 0 fully saturated rings. The van der Waals surface area contributed by atoms with Crippen LogP contribution in [0, 0.1) is 5.82 Å². The van der Waals surface area contributed by atoms with E-state index in [-0.39, 0.29) is 5.56 Å². The lowest BCUT2D eigenvalue weighted by atomic mass is 10.1. The number of halogens is 1. The third-order valence-electron chi connectivity index (χ3n) is 2.03. The molecule has 0 radical (unpaired) electrons. The van der Waals surface area contributed by atoms with Gasteiger partial charge in [0.1, 0.15) is 18.0 Å². The summed E-state index contributed by atoms with van der Waals surface area (Å²) in [5.41, 5.74) is -0.226. The van der Waals surface area contributed by atoms with Crippen LogP contribution in [0.1, 0.15) is 30.1 Å². The van der Waals surface area contributed by atoms with Gasteiger partial charge in [-0.25, -0.2) is 4.39 Å². The van der Waals surface area contributed by atoms with Crippen LogP contribution in [0.4, 0.5) is 4.39 Å². The fourth-order valence-corrected chi connectivity index (χ4v) is 1.26. The summed E-state index contributed by atoms with van der Waals surface area (Å²) in [4.78, 5) is 21.7. The van der Waals surface area contributed by atoms with Crippen LogP contribution in [0.25, 0.3) is 0 Å². The average molecular weight is 240 g/mol. The lowest BCUT2D eigenvalue weighted by Crippen LogP contribution is -2.09. The highest BCUT2D eigenvalue weighted by atomic mass is 19.1. The van der Waals surface area contributed by atoms with E-state index >= 15 is 0 Å². The Hall–Kier alpha value is -1.91. The van der Waals surface area contributed by atoms with Crippen LogP contribution in [-0.4, -0.2) is 23.5 Å². The van der Waals surface area contributed by atoms with Crippen molar-refractivity contribution in [3.8, 4) is 5.75 Å². The minimum absolute atomic E-state index is 0.226. The zero-order valence-corrected chi connectivity index (χ0v) is 9.40. The summed E-state index contributed by atoms with van der Waals surface area (Å²) in [7, 11) is 0. The van der Waals surface area contributed by atoms with Gasteiger partial charge >= 0.3 is 5.97 Å². The van der Waals surface area contributed by atoms with Crippen molar-refractivity contribution in [3.05, 3.63) is 29.6 Å². The number of carbonyl (C=O) groups excluding carboxylic acids is 1. The van der Waals surface area contributed by atoms with Crippen LogP contribution in [0.15, 0.2) is 18.2 Å². The van der Waals surface area contributed by atoms with E-state index in [1.54, 1.807) is 0 Å². The Morgan fingerprint density at radius 1 is 1.41 bits per heavy atom. The number of rotatable bonds is 6. The number of benzene rings is 1. The largest absolute Gasteiger partial charge is 0.494 e. The standard InChI is InChI=1S/C12H13FO4/c1-2-5-17-8-3-4-9(10(13)6-8)11(14)7-12(15)16/h3-4,6H,2,5,7H2,1H3,(H,15,16). The van der Waals surface area contributed by atoms with Crippen LogP contribution >= 0.6 is 0 Å². The van der Waals surface area contributed by atoms with Crippen molar-refractivity contribution in [2.45, 2.75) is 19.8 Å². The van der Waals surface area contributed by atoms with Gasteiger partial charge in [-0.2, -0.15) is 0 Å². The first kappa shape index (κ1) is 13.2. The summed E-state index contributed by atoms with van der Waals surface area (Å²) in [6.45, 7) is 2.38. The first-order valence-corrected chi connectivity index (χ1v) is 5.22. The highest BCUT2D eigenvalue weighted by Crippen LogP contribution is 2.18. The van der Waals surface area contributed by atoms with Crippen molar-refractivity contribution >= 4 is 11.8 Å². The molecule has 0 atom stereocenters. The monoisotopic (exact) mass is 240 g/mol. The lowest BCUT2D eigenvalue weighted by Gasteiger charge is -2.06. The van der Waals surface area contributed by atoms with Gasteiger partial charge in [0.05, 0.1) is 12.2 Å². The second-order valence-electron chi connectivity index (χ2n) is 3.48. The van der Waals surface area contributed by atoms with E-state index in [9.17, 15) is 14.0 Å². The second-order valence-corrected chi connectivity index (χ2v) is 3.48. The van der Waals surface area contributed by atoms with E-state index < -0.39 is 24.0 Å². The molecule has 4 nitrogen and oxygen atoms in total. The Kier molecular flexibility index (Phi) is 4.63. The molecular weight excluding hydrogens is 227 g/mol. The molecular formula is C12H13FO4. The van der Waals surface area contributed by atoms with Crippen molar-refractivity contribution < 1.29 is 23.8 Å². The van der Waals surface area contributed by atoms with Gasteiger partial charge in [-0.15, -0.1) is 0 Å². The molecule has 0 spiro atoms. The Bertz CT molecular complexity index is 429. The van der Waals surface area contributed by atoms with Gasteiger partial charge in [-0.1, -0.05) is 6.92 Å². The third kappa shape index (κ3) is 3.86. The van der Waals surface area contributed by atoms with Crippen molar-refractivity contribution in [2.24, 2.45) is 0 Å². The summed E-state index contributed by atoms with van der Waals surface area (Å²) in [6.07, 6.45) is 0.0768. The molecule has 0 heterocycles. The Balaban J connectivity index is 2.82. The van der Waals surface area contributed by atoms with Crippen molar-refractivity contribution in [1.82, 2.24) is 0 Å². The number of carbonyl (C=O) groups is 2. The third-order valence-corrected chi connectivity index (χ3v) is 2.03. The number of Topliss-reactive ketones (excluding diaryl/α,β-unsaturated/α-hetero) is 1. The molecule has 1 aromatic carbocycles. The molecule has 1 N–H and O–H groups in total. The number of ether oxygens (including phenoxy) is 1. The first-order chi connectivity index (χ1) is 8.04. The summed E-state index contributed by atoms with van der Waals surface area (Å²) in [5.74, 6) is -2.46. The maximum absolute atomic E-state index is 13.5. The summed E-state index contributed by atoms with van der Waals surface area (Å²) < 4.78 is 18.7. The van der Waals surface area contributed by atoms with Crippen LogP contribution in [-0.2, 0) is 4.79 Å². The molecule has 0 aliphatic heterocycles. The zero-order chi connectivity index (χ0) is 12.8. The van der Waals surface area contributed by atoms with Gasteiger partial charge in [0.15, 0.2) is 5.78 Å². The molecule has 0 aromatic heterocycles. The summed E-state index contributed by atoms with van der Waals surface area (Å²) >= 11 is 0. The van der Waals surface area contributed by atoms with Crippen LogP contribution in [0.2, 0.25) is 0 Å². The molecule has 0 aliphatic carbocycles. The predicted molar refractivity (Wildman–Crippen MR) is 58.8 cm³/mol. The first-order valence-electron chi connectivity index (χ1n) is 5.22. The minimum Gasteiger partial charge on any atom is -0.494 e. The molecule has 1 rings (SSSR count).